The Hall–Kier alpha value is -2.83. The van der Waals surface area contributed by atoms with Crippen molar-refractivity contribution in [2.24, 2.45) is 0 Å². The molecule has 1 fully saturated rings. The molecule has 1 aromatic heterocycles. The zero-order valence-corrected chi connectivity index (χ0v) is 13.8. The van der Waals surface area contributed by atoms with E-state index in [1.165, 1.54) is 6.07 Å². The highest BCUT2D eigenvalue weighted by Gasteiger charge is 2.32. The van der Waals surface area contributed by atoms with E-state index in [2.05, 4.69) is 5.10 Å². The summed E-state index contributed by atoms with van der Waals surface area (Å²) in [7, 11) is 0. The molecule has 2 aliphatic heterocycles. The lowest BCUT2D eigenvalue weighted by Crippen LogP contribution is -2.45. The van der Waals surface area contributed by atoms with Crippen LogP contribution in [-0.4, -0.2) is 56.1 Å². The Morgan fingerprint density at radius 2 is 2.20 bits per heavy atom. The van der Waals surface area contributed by atoms with Gasteiger partial charge in [-0.2, -0.15) is 5.10 Å². The first kappa shape index (κ1) is 15.7. The highest BCUT2D eigenvalue weighted by Crippen LogP contribution is 2.25. The van der Waals surface area contributed by atoms with Crippen LogP contribution in [0.2, 0.25) is 0 Å². The largest absolute Gasteiger partial charge is 0.508 e. The van der Waals surface area contributed by atoms with Gasteiger partial charge in [0.15, 0.2) is 0 Å². The van der Waals surface area contributed by atoms with Gasteiger partial charge in [0.05, 0.1) is 18.3 Å². The SMILES string of the molecule is O=C1CCCN1CC1CN(C(=O)c2cccc(O)c2)Cc2ccnn21. The average molecular weight is 340 g/mol. The average Bonchev–Trinajstić information content (AvgIpc) is 3.23. The first-order chi connectivity index (χ1) is 12.1. The molecule has 7 nitrogen and oxygen atoms in total. The van der Waals surface area contributed by atoms with E-state index in [4.69, 9.17) is 0 Å². The summed E-state index contributed by atoms with van der Waals surface area (Å²) in [5, 5.41) is 14.0. The third-order valence-electron chi connectivity index (χ3n) is 4.86. The summed E-state index contributed by atoms with van der Waals surface area (Å²) < 4.78 is 1.93. The molecule has 1 atom stereocenters. The van der Waals surface area contributed by atoms with E-state index >= 15 is 0 Å². The van der Waals surface area contributed by atoms with E-state index in [1.807, 2.05) is 15.6 Å². The predicted molar refractivity (Wildman–Crippen MR) is 89.9 cm³/mol. The minimum absolute atomic E-state index is 0.0536. The number of hydrogen-bond donors (Lipinski definition) is 1. The summed E-state index contributed by atoms with van der Waals surface area (Å²) in [5.74, 6) is 0.123. The predicted octanol–water partition coefficient (Wildman–Crippen LogP) is 1.41. The van der Waals surface area contributed by atoms with Crippen molar-refractivity contribution in [3.63, 3.8) is 0 Å². The van der Waals surface area contributed by atoms with Crippen LogP contribution in [0.3, 0.4) is 0 Å². The van der Waals surface area contributed by atoms with Gasteiger partial charge in [0.2, 0.25) is 5.91 Å². The van der Waals surface area contributed by atoms with E-state index in [-0.39, 0.29) is 23.6 Å². The molecule has 4 rings (SSSR count). The van der Waals surface area contributed by atoms with Gasteiger partial charge in [0.25, 0.3) is 5.91 Å². The van der Waals surface area contributed by atoms with Crippen molar-refractivity contribution >= 4 is 11.8 Å². The molecule has 3 heterocycles. The van der Waals surface area contributed by atoms with Crippen LogP contribution in [0.5, 0.6) is 5.75 Å². The van der Waals surface area contributed by atoms with Crippen molar-refractivity contribution in [3.05, 3.63) is 47.8 Å². The van der Waals surface area contributed by atoms with E-state index < -0.39 is 0 Å². The molecular formula is C18H20N4O3. The molecule has 0 saturated carbocycles. The van der Waals surface area contributed by atoms with Gasteiger partial charge in [-0.25, -0.2) is 0 Å². The number of amides is 2. The molecule has 1 N–H and O–H groups in total. The van der Waals surface area contributed by atoms with Crippen molar-refractivity contribution in [1.29, 1.82) is 0 Å². The molecule has 0 aliphatic carbocycles. The molecule has 130 valence electrons. The summed E-state index contributed by atoms with van der Waals surface area (Å²) in [4.78, 5) is 28.4. The fourth-order valence-corrected chi connectivity index (χ4v) is 3.65. The van der Waals surface area contributed by atoms with Gasteiger partial charge in [-0.15, -0.1) is 0 Å². The maximum Gasteiger partial charge on any atom is 0.254 e. The van der Waals surface area contributed by atoms with Crippen LogP contribution in [0.15, 0.2) is 36.5 Å². The van der Waals surface area contributed by atoms with Crippen molar-refractivity contribution in [2.75, 3.05) is 19.6 Å². The molecule has 2 aromatic rings. The number of carbonyl (C=O) groups is 2. The van der Waals surface area contributed by atoms with Gasteiger partial charge in [-0.1, -0.05) is 6.07 Å². The second-order valence-electron chi connectivity index (χ2n) is 6.60. The molecule has 2 amide bonds. The third-order valence-corrected chi connectivity index (χ3v) is 4.86. The van der Waals surface area contributed by atoms with Crippen molar-refractivity contribution in [1.82, 2.24) is 19.6 Å². The van der Waals surface area contributed by atoms with Gasteiger partial charge in [0, 0.05) is 37.8 Å². The Kier molecular flexibility index (Phi) is 3.91. The van der Waals surface area contributed by atoms with Crippen LogP contribution in [-0.2, 0) is 11.3 Å². The Balaban J connectivity index is 1.57. The number of benzene rings is 1. The number of carbonyl (C=O) groups excluding carboxylic acids is 2. The number of fused-ring (bicyclic) bond motifs is 1. The zero-order chi connectivity index (χ0) is 17.4. The number of nitrogens with zero attached hydrogens (tertiary/aromatic N) is 4. The Morgan fingerprint density at radius 3 is 2.96 bits per heavy atom. The lowest BCUT2D eigenvalue weighted by Gasteiger charge is -2.35. The lowest BCUT2D eigenvalue weighted by molar-refractivity contribution is -0.128. The molecule has 0 bridgehead atoms. The Labute approximate surface area is 145 Å². The highest BCUT2D eigenvalue weighted by molar-refractivity contribution is 5.94. The number of hydrogen-bond acceptors (Lipinski definition) is 4. The van der Waals surface area contributed by atoms with Gasteiger partial charge >= 0.3 is 0 Å². The lowest BCUT2D eigenvalue weighted by atomic mass is 10.1. The zero-order valence-electron chi connectivity index (χ0n) is 13.8. The molecular weight excluding hydrogens is 320 g/mol. The topological polar surface area (TPSA) is 78.7 Å². The number of likely N-dealkylation sites (tertiary alicyclic amines) is 1. The van der Waals surface area contributed by atoms with Crippen LogP contribution >= 0.6 is 0 Å². The van der Waals surface area contributed by atoms with E-state index in [0.717, 1.165) is 18.7 Å². The summed E-state index contributed by atoms with van der Waals surface area (Å²) >= 11 is 0. The number of aromatic hydroxyl groups is 1. The maximum absolute atomic E-state index is 12.8. The normalized spacial score (nSPS) is 20.0. The summed E-state index contributed by atoms with van der Waals surface area (Å²) in [6, 6.07) is 8.24. The second-order valence-corrected chi connectivity index (χ2v) is 6.60. The quantitative estimate of drug-likeness (QED) is 0.916. The van der Waals surface area contributed by atoms with Crippen LogP contribution in [0.25, 0.3) is 0 Å². The maximum atomic E-state index is 12.8. The van der Waals surface area contributed by atoms with Crippen molar-refractivity contribution in [3.8, 4) is 5.75 Å². The van der Waals surface area contributed by atoms with Crippen LogP contribution in [0, 0.1) is 0 Å². The van der Waals surface area contributed by atoms with E-state index in [1.54, 1.807) is 29.3 Å². The fraction of sp³-hybridized carbons (Fsp3) is 0.389. The molecule has 1 saturated heterocycles. The molecule has 1 unspecified atom stereocenters. The number of rotatable bonds is 3. The molecule has 2 aliphatic rings. The fourth-order valence-electron chi connectivity index (χ4n) is 3.65. The molecule has 1 aromatic carbocycles. The summed E-state index contributed by atoms with van der Waals surface area (Å²) in [6.07, 6.45) is 3.23. The second kappa shape index (κ2) is 6.23. The molecule has 0 radical (unpaired) electrons. The van der Waals surface area contributed by atoms with E-state index in [0.29, 0.717) is 31.6 Å². The summed E-state index contributed by atoms with van der Waals surface area (Å²) in [5.41, 5.74) is 1.42. The van der Waals surface area contributed by atoms with Crippen molar-refractivity contribution in [2.45, 2.75) is 25.4 Å². The highest BCUT2D eigenvalue weighted by atomic mass is 16.3. The standard InChI is InChI=1S/C18H20N4O3/c23-16-4-1-3-13(9-16)18(25)21-10-14-6-7-19-22(14)15(12-21)11-20-8-2-5-17(20)24/h1,3-4,6-7,9,15,23H,2,5,8,10-12H2. The Bertz CT molecular complexity index is 816. The summed E-state index contributed by atoms with van der Waals surface area (Å²) in [6.45, 7) is 2.30. The first-order valence-corrected chi connectivity index (χ1v) is 8.50. The van der Waals surface area contributed by atoms with Gasteiger partial charge in [0.1, 0.15) is 5.75 Å². The van der Waals surface area contributed by atoms with Crippen LogP contribution < -0.4 is 0 Å². The number of aromatic nitrogens is 2. The first-order valence-electron chi connectivity index (χ1n) is 8.50. The third kappa shape index (κ3) is 2.97. The minimum Gasteiger partial charge on any atom is -0.508 e. The monoisotopic (exact) mass is 340 g/mol. The van der Waals surface area contributed by atoms with Gasteiger partial charge < -0.3 is 14.9 Å². The van der Waals surface area contributed by atoms with Crippen LogP contribution in [0.1, 0.15) is 34.9 Å². The van der Waals surface area contributed by atoms with Crippen molar-refractivity contribution < 1.29 is 14.7 Å². The minimum atomic E-state index is -0.124. The van der Waals surface area contributed by atoms with Gasteiger partial charge in [-0.3, -0.25) is 14.3 Å². The van der Waals surface area contributed by atoms with E-state index in [9.17, 15) is 14.7 Å². The Morgan fingerprint density at radius 1 is 1.32 bits per heavy atom. The van der Waals surface area contributed by atoms with Gasteiger partial charge in [-0.05, 0) is 30.7 Å². The smallest absolute Gasteiger partial charge is 0.254 e. The van der Waals surface area contributed by atoms with Crippen LogP contribution in [0.4, 0.5) is 0 Å². The number of phenols is 1. The molecule has 0 spiro atoms. The molecule has 25 heavy (non-hydrogen) atoms. The number of phenolic OH excluding ortho intramolecular Hbond substituents is 1. The molecule has 7 heteroatoms.